The normalized spacial score (nSPS) is 16.9. The average Bonchev–Trinajstić information content (AvgIpc) is 3.63. The number of nitrogens with one attached hydrogen (secondary N) is 6. The number of rotatable bonds is 12. The fourth-order valence-corrected chi connectivity index (χ4v) is 7.99. The van der Waals surface area contributed by atoms with Crippen LogP contribution in [0, 0.1) is 0 Å². The molecule has 2 aromatic heterocycles. The summed E-state index contributed by atoms with van der Waals surface area (Å²) in [5, 5.41) is 17.7. The molecule has 57 heavy (non-hydrogen) atoms. The second-order valence-corrected chi connectivity index (χ2v) is 15.6. The molecule has 0 radical (unpaired) electrons. The Balaban J connectivity index is 0.000000199. The maximum atomic E-state index is 11.8. The molecule has 6 N–H and O–H groups in total. The van der Waals surface area contributed by atoms with Crippen molar-refractivity contribution in [3.63, 3.8) is 0 Å². The molecular formula is C40H56Cl2N12O3. The molecule has 0 atom stereocenters. The van der Waals surface area contributed by atoms with Crippen molar-refractivity contribution in [2.24, 2.45) is 0 Å². The van der Waals surface area contributed by atoms with Gasteiger partial charge in [-0.2, -0.15) is 24.9 Å². The zero-order valence-electron chi connectivity index (χ0n) is 33.2. The molecule has 3 heterocycles. The van der Waals surface area contributed by atoms with Crippen LogP contribution in [0.5, 0.6) is 11.5 Å². The number of nitrogens with zero attached hydrogens (tertiary/aromatic N) is 6. The van der Waals surface area contributed by atoms with Crippen LogP contribution in [-0.4, -0.2) is 82.4 Å². The molecular weight excluding hydrogens is 767 g/mol. The summed E-state index contributed by atoms with van der Waals surface area (Å²) in [6, 6.07) is 11.9. The molecule has 2 aliphatic carbocycles. The first-order valence-corrected chi connectivity index (χ1v) is 20.9. The Hall–Kier alpha value is -4.60. The average molecular weight is 824 g/mol. The molecule has 7 rings (SSSR count). The first-order chi connectivity index (χ1) is 27.8. The molecule has 0 unspecified atom stereocenters. The number of hydrogen-bond donors (Lipinski definition) is 6. The number of ether oxygens (including phenoxy) is 2. The number of methoxy groups -OCH3 is 2. The smallest absolute Gasteiger partial charge is 0.351 e. The Kier molecular flexibility index (Phi) is 15.7. The topological polar surface area (TPSA) is 179 Å². The second kappa shape index (κ2) is 21.2. The molecule has 1 aliphatic heterocycles. The van der Waals surface area contributed by atoms with Gasteiger partial charge in [-0.25, -0.2) is 4.79 Å². The number of aromatic amines is 1. The first-order valence-electron chi connectivity index (χ1n) is 20.2. The molecule has 0 spiro atoms. The zero-order valence-corrected chi connectivity index (χ0v) is 34.7. The summed E-state index contributed by atoms with van der Waals surface area (Å²) in [7, 11) is 5.24. The van der Waals surface area contributed by atoms with Crippen LogP contribution in [-0.2, 0) is 0 Å². The Labute approximate surface area is 344 Å². The highest BCUT2D eigenvalue weighted by Gasteiger charge is 2.23. The largest absolute Gasteiger partial charge is 0.495 e. The molecule has 2 saturated carbocycles. The predicted molar refractivity (Wildman–Crippen MR) is 230 cm³/mol. The highest BCUT2D eigenvalue weighted by atomic mass is 35.5. The Bertz CT molecular complexity index is 1930. The maximum Gasteiger partial charge on any atom is 0.351 e. The van der Waals surface area contributed by atoms with Crippen molar-refractivity contribution in [1.82, 2.24) is 35.2 Å². The minimum absolute atomic E-state index is 0.313. The van der Waals surface area contributed by atoms with Gasteiger partial charge in [0.1, 0.15) is 11.5 Å². The van der Waals surface area contributed by atoms with Crippen LogP contribution < -0.4 is 46.6 Å². The lowest BCUT2D eigenvalue weighted by atomic mass is 10.1. The van der Waals surface area contributed by atoms with Crippen molar-refractivity contribution in [3.8, 4) is 11.5 Å². The number of aromatic nitrogens is 6. The van der Waals surface area contributed by atoms with Gasteiger partial charge in [0.25, 0.3) is 0 Å². The van der Waals surface area contributed by atoms with Crippen molar-refractivity contribution < 1.29 is 9.47 Å². The third-order valence-corrected chi connectivity index (χ3v) is 11.2. The third-order valence-electron chi connectivity index (χ3n) is 10.6. The fraction of sp³-hybridized carbons (Fsp3) is 0.550. The summed E-state index contributed by atoms with van der Waals surface area (Å²) in [6.45, 7) is 2.03. The summed E-state index contributed by atoms with van der Waals surface area (Å²) >= 11 is 12.4. The summed E-state index contributed by atoms with van der Waals surface area (Å²) in [6.07, 6.45) is 16.6. The lowest BCUT2D eigenvalue weighted by Crippen LogP contribution is -2.42. The molecule has 3 fully saturated rings. The molecule has 0 bridgehead atoms. The Morgan fingerprint density at radius 2 is 1.16 bits per heavy atom. The predicted octanol–water partition coefficient (Wildman–Crippen LogP) is 8.31. The Morgan fingerprint density at radius 3 is 1.68 bits per heavy atom. The van der Waals surface area contributed by atoms with Gasteiger partial charge in [0.15, 0.2) is 0 Å². The van der Waals surface area contributed by atoms with Gasteiger partial charge in [0, 0.05) is 36.5 Å². The van der Waals surface area contributed by atoms with E-state index in [0.29, 0.717) is 75.1 Å². The van der Waals surface area contributed by atoms with Crippen molar-refractivity contribution in [1.29, 1.82) is 0 Å². The summed E-state index contributed by atoms with van der Waals surface area (Å²) in [5.74, 6) is 3.70. The number of benzene rings is 2. The highest BCUT2D eigenvalue weighted by Crippen LogP contribution is 2.30. The summed E-state index contributed by atoms with van der Waals surface area (Å²) in [4.78, 5) is 39.2. The molecule has 1 saturated heterocycles. The van der Waals surface area contributed by atoms with Gasteiger partial charge in [-0.05, 0) is 88.0 Å². The van der Waals surface area contributed by atoms with Gasteiger partial charge in [-0.15, -0.1) is 0 Å². The molecule has 4 aromatic rings. The molecule has 0 amide bonds. The van der Waals surface area contributed by atoms with E-state index in [0.717, 1.165) is 57.3 Å². The van der Waals surface area contributed by atoms with Crippen LogP contribution in [0.4, 0.5) is 41.1 Å². The lowest BCUT2D eigenvalue weighted by Gasteiger charge is -2.32. The fourth-order valence-electron chi connectivity index (χ4n) is 7.47. The van der Waals surface area contributed by atoms with Crippen molar-refractivity contribution in [3.05, 3.63) is 56.9 Å². The Morgan fingerprint density at radius 1 is 0.649 bits per heavy atom. The molecule has 2 aromatic carbocycles. The SMILES string of the molecule is COc1ccc(Nc2nc(NC3CCCCCC3)nc(=O)[nH]2)cc1Cl.COc1ccc(Nc2nc(NC3CCCCCC3)nc(N(C)C3CCNCC3)n2)cc1Cl. The van der Waals surface area contributed by atoms with E-state index in [1.54, 1.807) is 32.4 Å². The van der Waals surface area contributed by atoms with E-state index in [1.807, 2.05) is 18.2 Å². The van der Waals surface area contributed by atoms with E-state index in [4.69, 9.17) is 47.6 Å². The first kappa shape index (κ1) is 42.0. The minimum Gasteiger partial charge on any atom is -0.495 e. The highest BCUT2D eigenvalue weighted by molar-refractivity contribution is 6.32. The monoisotopic (exact) mass is 822 g/mol. The van der Waals surface area contributed by atoms with Gasteiger partial charge >= 0.3 is 5.69 Å². The van der Waals surface area contributed by atoms with Crippen molar-refractivity contribution in [2.75, 3.05) is 60.5 Å². The van der Waals surface area contributed by atoms with E-state index in [2.05, 4.69) is 53.5 Å². The van der Waals surface area contributed by atoms with Crippen LogP contribution in [0.2, 0.25) is 10.0 Å². The molecule has 3 aliphatic rings. The van der Waals surface area contributed by atoms with Gasteiger partial charge in [-0.1, -0.05) is 74.6 Å². The lowest BCUT2D eigenvalue weighted by molar-refractivity contribution is 0.415. The van der Waals surface area contributed by atoms with E-state index < -0.39 is 5.69 Å². The van der Waals surface area contributed by atoms with Gasteiger partial charge in [0.2, 0.25) is 29.7 Å². The van der Waals surface area contributed by atoms with Crippen LogP contribution in [0.3, 0.4) is 0 Å². The van der Waals surface area contributed by atoms with Crippen LogP contribution in [0.15, 0.2) is 41.2 Å². The maximum absolute atomic E-state index is 11.8. The minimum atomic E-state index is -0.451. The molecule has 17 heteroatoms. The number of halogens is 2. The standard InChI is InChI=1S/C23H34ClN7O.C17H22ClN5O2/c1-31(18-11-13-25-14-12-18)23-29-21(26-16-7-5-3-4-6-8-16)28-22(30-23)27-17-9-10-20(32-2)19(24)15-17;1-25-14-9-8-12(10-13(14)18)20-16-21-15(22-17(24)23-16)19-11-6-4-2-3-5-7-11/h9-10,15-16,18,25H,3-8,11-14H2,1-2H3,(H2,26,27,28,29,30);8-11H,2-7H2,1H3,(H3,19,20,21,22,23,24). The number of H-pyrrole nitrogens is 1. The third kappa shape index (κ3) is 12.7. The van der Waals surface area contributed by atoms with Crippen LogP contribution >= 0.6 is 23.2 Å². The van der Waals surface area contributed by atoms with E-state index in [-0.39, 0.29) is 0 Å². The number of piperidine rings is 1. The van der Waals surface area contributed by atoms with Crippen LogP contribution in [0.25, 0.3) is 0 Å². The molecule has 308 valence electrons. The van der Waals surface area contributed by atoms with Gasteiger partial charge < -0.3 is 41.0 Å². The van der Waals surface area contributed by atoms with Gasteiger partial charge in [0.05, 0.1) is 24.3 Å². The van der Waals surface area contributed by atoms with Gasteiger partial charge in [-0.3, -0.25) is 4.98 Å². The second-order valence-electron chi connectivity index (χ2n) is 14.8. The zero-order chi connectivity index (χ0) is 40.0. The van der Waals surface area contributed by atoms with Crippen LogP contribution in [0.1, 0.15) is 89.9 Å². The van der Waals surface area contributed by atoms with Crippen molar-refractivity contribution in [2.45, 2.75) is 108 Å². The quantitative estimate of drug-likeness (QED) is 0.0752. The van der Waals surface area contributed by atoms with E-state index in [9.17, 15) is 4.79 Å². The van der Waals surface area contributed by atoms with E-state index in [1.165, 1.54) is 51.4 Å². The number of anilines is 7. The summed E-state index contributed by atoms with van der Waals surface area (Å²) in [5.41, 5.74) is 1.05. The molecule has 15 nitrogen and oxygen atoms in total. The summed E-state index contributed by atoms with van der Waals surface area (Å²) < 4.78 is 10.4. The van der Waals surface area contributed by atoms with E-state index >= 15 is 0 Å². The number of hydrogen-bond acceptors (Lipinski definition) is 14. The van der Waals surface area contributed by atoms with Crippen molar-refractivity contribution >= 4 is 64.3 Å².